The van der Waals surface area contributed by atoms with E-state index in [9.17, 15) is 4.79 Å². The standard InChI is InChI=1S/C22H20N2O3/c1-15-6-3-4-7-16(15)14-24-19-10-11-27-21(19)13-20(24)22(25)23-17-8-5-9-18(12-17)26-2/h3-13H,14H2,1-2H3,(H,23,25). The first kappa shape index (κ1) is 17.0. The maximum Gasteiger partial charge on any atom is 0.272 e. The number of hydrogen-bond donors (Lipinski definition) is 1. The van der Waals surface area contributed by atoms with Gasteiger partial charge in [-0.2, -0.15) is 0 Å². The molecule has 2 aromatic carbocycles. The number of aryl methyl sites for hydroxylation is 1. The number of nitrogens with zero attached hydrogens (tertiary/aromatic N) is 1. The first-order chi connectivity index (χ1) is 13.2. The number of ether oxygens (including phenoxy) is 1. The van der Waals surface area contributed by atoms with Gasteiger partial charge < -0.3 is 19.0 Å². The van der Waals surface area contributed by atoms with Gasteiger partial charge in [0.1, 0.15) is 11.4 Å². The van der Waals surface area contributed by atoms with Crippen molar-refractivity contribution in [2.75, 3.05) is 12.4 Å². The third kappa shape index (κ3) is 3.31. The van der Waals surface area contributed by atoms with Gasteiger partial charge in [0.15, 0.2) is 5.58 Å². The summed E-state index contributed by atoms with van der Waals surface area (Å²) in [5, 5.41) is 2.94. The van der Waals surface area contributed by atoms with E-state index in [2.05, 4.69) is 24.4 Å². The number of methoxy groups -OCH3 is 1. The van der Waals surface area contributed by atoms with Gasteiger partial charge in [-0.25, -0.2) is 0 Å². The highest BCUT2D eigenvalue weighted by atomic mass is 16.5. The molecule has 0 aliphatic carbocycles. The SMILES string of the molecule is COc1cccc(NC(=O)c2cc3occc3n2Cc2ccccc2C)c1. The van der Waals surface area contributed by atoms with E-state index in [0.29, 0.717) is 29.3 Å². The molecule has 0 saturated carbocycles. The molecule has 0 aliphatic rings. The van der Waals surface area contributed by atoms with Crippen LogP contribution in [0.5, 0.6) is 5.75 Å². The number of carbonyl (C=O) groups excluding carboxylic acids is 1. The van der Waals surface area contributed by atoms with E-state index in [4.69, 9.17) is 9.15 Å². The monoisotopic (exact) mass is 360 g/mol. The number of amides is 1. The molecule has 2 heterocycles. The van der Waals surface area contributed by atoms with Gasteiger partial charge in [0, 0.05) is 30.4 Å². The molecule has 5 nitrogen and oxygen atoms in total. The fourth-order valence-electron chi connectivity index (χ4n) is 3.19. The highest BCUT2D eigenvalue weighted by Crippen LogP contribution is 2.25. The van der Waals surface area contributed by atoms with Gasteiger partial charge in [0.2, 0.25) is 0 Å². The average molecular weight is 360 g/mol. The maximum atomic E-state index is 13.0. The lowest BCUT2D eigenvalue weighted by Gasteiger charge is -2.12. The van der Waals surface area contributed by atoms with Gasteiger partial charge in [0.25, 0.3) is 5.91 Å². The Bertz CT molecular complexity index is 1110. The van der Waals surface area contributed by atoms with Crippen LogP contribution in [0.1, 0.15) is 21.6 Å². The third-order valence-corrected chi connectivity index (χ3v) is 4.67. The van der Waals surface area contributed by atoms with Crippen LogP contribution in [0.15, 0.2) is 71.3 Å². The molecule has 0 aliphatic heterocycles. The molecule has 1 N–H and O–H groups in total. The van der Waals surface area contributed by atoms with Crippen molar-refractivity contribution in [1.82, 2.24) is 4.57 Å². The smallest absolute Gasteiger partial charge is 0.272 e. The van der Waals surface area contributed by atoms with E-state index >= 15 is 0 Å². The first-order valence-corrected chi connectivity index (χ1v) is 8.72. The third-order valence-electron chi connectivity index (χ3n) is 4.67. The molecule has 0 spiro atoms. The van der Waals surface area contributed by atoms with E-state index in [1.54, 1.807) is 25.5 Å². The molecule has 0 unspecified atom stereocenters. The first-order valence-electron chi connectivity index (χ1n) is 8.72. The highest BCUT2D eigenvalue weighted by molar-refractivity contribution is 6.06. The quantitative estimate of drug-likeness (QED) is 0.553. The van der Waals surface area contributed by atoms with Crippen LogP contribution in [0, 0.1) is 6.92 Å². The summed E-state index contributed by atoms with van der Waals surface area (Å²) in [6.45, 7) is 2.66. The van der Waals surface area contributed by atoms with Crippen molar-refractivity contribution in [3.63, 3.8) is 0 Å². The Morgan fingerprint density at radius 1 is 1.11 bits per heavy atom. The summed E-state index contributed by atoms with van der Waals surface area (Å²) in [5.74, 6) is 0.500. The largest absolute Gasteiger partial charge is 0.497 e. The fraction of sp³-hybridized carbons (Fsp3) is 0.136. The predicted molar refractivity (Wildman–Crippen MR) is 105 cm³/mol. The van der Waals surface area contributed by atoms with Crippen LogP contribution >= 0.6 is 0 Å². The minimum Gasteiger partial charge on any atom is -0.497 e. The average Bonchev–Trinajstić information content (AvgIpc) is 3.26. The summed E-state index contributed by atoms with van der Waals surface area (Å²) in [6, 6.07) is 19.1. The molecule has 0 atom stereocenters. The van der Waals surface area contributed by atoms with Gasteiger partial charge in [-0.3, -0.25) is 4.79 Å². The van der Waals surface area contributed by atoms with Crippen LogP contribution in [0.2, 0.25) is 0 Å². The van der Waals surface area contributed by atoms with E-state index < -0.39 is 0 Å². The molecule has 2 aromatic heterocycles. The lowest BCUT2D eigenvalue weighted by Crippen LogP contribution is -2.17. The predicted octanol–water partition coefficient (Wildman–Crippen LogP) is 4.85. The molecule has 5 heteroatoms. The van der Waals surface area contributed by atoms with Gasteiger partial charge in [-0.1, -0.05) is 30.3 Å². The van der Waals surface area contributed by atoms with Crippen LogP contribution in [0.4, 0.5) is 5.69 Å². The maximum absolute atomic E-state index is 13.0. The van der Waals surface area contributed by atoms with Crippen molar-refractivity contribution >= 4 is 22.7 Å². The molecule has 4 aromatic rings. The van der Waals surface area contributed by atoms with Crippen LogP contribution < -0.4 is 10.1 Å². The van der Waals surface area contributed by atoms with Gasteiger partial charge in [0.05, 0.1) is 18.9 Å². The Morgan fingerprint density at radius 2 is 1.96 bits per heavy atom. The summed E-state index contributed by atoms with van der Waals surface area (Å²) < 4.78 is 12.7. The van der Waals surface area contributed by atoms with Crippen LogP contribution in [0.3, 0.4) is 0 Å². The number of fused-ring (bicyclic) bond motifs is 1. The van der Waals surface area contributed by atoms with Gasteiger partial charge in [-0.05, 0) is 30.2 Å². The number of anilines is 1. The van der Waals surface area contributed by atoms with Crippen molar-refractivity contribution < 1.29 is 13.9 Å². The van der Waals surface area contributed by atoms with Crippen molar-refractivity contribution in [1.29, 1.82) is 0 Å². The molecular weight excluding hydrogens is 340 g/mol. The number of hydrogen-bond acceptors (Lipinski definition) is 3. The number of aromatic nitrogens is 1. The minimum atomic E-state index is -0.191. The number of nitrogens with one attached hydrogen (secondary N) is 1. The second kappa shape index (κ2) is 7.03. The Labute approximate surface area is 157 Å². The fourth-order valence-corrected chi connectivity index (χ4v) is 3.19. The lowest BCUT2D eigenvalue weighted by atomic mass is 10.1. The number of benzene rings is 2. The molecule has 0 fully saturated rings. The number of carbonyl (C=O) groups is 1. The zero-order chi connectivity index (χ0) is 18.8. The highest BCUT2D eigenvalue weighted by Gasteiger charge is 2.18. The van der Waals surface area contributed by atoms with Crippen LogP contribution in [-0.4, -0.2) is 17.6 Å². The zero-order valence-corrected chi connectivity index (χ0v) is 15.2. The Kier molecular flexibility index (Phi) is 4.42. The van der Waals surface area contributed by atoms with Gasteiger partial charge >= 0.3 is 0 Å². The molecule has 4 rings (SSSR count). The molecular formula is C22H20N2O3. The van der Waals surface area contributed by atoms with Crippen molar-refractivity contribution in [3.8, 4) is 5.75 Å². The topological polar surface area (TPSA) is 56.4 Å². The van der Waals surface area contributed by atoms with Crippen LogP contribution in [0.25, 0.3) is 11.1 Å². The number of furan rings is 1. The Hall–Kier alpha value is -3.47. The van der Waals surface area contributed by atoms with E-state index in [-0.39, 0.29) is 5.91 Å². The molecule has 27 heavy (non-hydrogen) atoms. The van der Waals surface area contributed by atoms with Gasteiger partial charge in [-0.15, -0.1) is 0 Å². The van der Waals surface area contributed by atoms with Crippen LogP contribution in [-0.2, 0) is 6.54 Å². The zero-order valence-electron chi connectivity index (χ0n) is 15.2. The van der Waals surface area contributed by atoms with E-state index in [1.807, 2.05) is 41.0 Å². The summed E-state index contributed by atoms with van der Waals surface area (Å²) in [5.41, 5.74) is 5.16. The van der Waals surface area contributed by atoms with Crippen molar-refractivity contribution in [3.05, 3.63) is 83.7 Å². The normalized spacial score (nSPS) is 10.9. The molecule has 0 bridgehead atoms. The summed E-state index contributed by atoms with van der Waals surface area (Å²) >= 11 is 0. The summed E-state index contributed by atoms with van der Waals surface area (Å²) in [7, 11) is 1.60. The molecule has 0 saturated heterocycles. The molecule has 0 radical (unpaired) electrons. The number of rotatable bonds is 5. The second-order valence-corrected chi connectivity index (χ2v) is 6.40. The van der Waals surface area contributed by atoms with E-state index in [1.165, 1.54) is 5.56 Å². The van der Waals surface area contributed by atoms with Crippen molar-refractivity contribution in [2.24, 2.45) is 0 Å². The van der Waals surface area contributed by atoms with E-state index in [0.717, 1.165) is 11.1 Å². The molecule has 1 amide bonds. The molecule has 136 valence electrons. The lowest BCUT2D eigenvalue weighted by molar-refractivity contribution is 0.101. The Morgan fingerprint density at radius 3 is 2.78 bits per heavy atom. The summed E-state index contributed by atoms with van der Waals surface area (Å²) in [4.78, 5) is 13.0. The minimum absolute atomic E-state index is 0.191. The second-order valence-electron chi connectivity index (χ2n) is 6.40. The Balaban J connectivity index is 1.69. The van der Waals surface area contributed by atoms with Crippen molar-refractivity contribution in [2.45, 2.75) is 13.5 Å². The summed E-state index contributed by atoms with van der Waals surface area (Å²) in [6.07, 6.45) is 1.64.